The van der Waals surface area contributed by atoms with Crippen molar-refractivity contribution in [3.8, 4) is 0 Å². The second kappa shape index (κ2) is 10.2. The van der Waals surface area contributed by atoms with Gasteiger partial charge in [0.05, 0.1) is 11.7 Å². The van der Waals surface area contributed by atoms with E-state index in [9.17, 15) is 14.0 Å². The van der Waals surface area contributed by atoms with Crippen LogP contribution in [0, 0.1) is 25.6 Å². The van der Waals surface area contributed by atoms with Gasteiger partial charge in [0.25, 0.3) is 5.91 Å². The van der Waals surface area contributed by atoms with E-state index in [1.807, 2.05) is 18.7 Å². The van der Waals surface area contributed by atoms with Crippen molar-refractivity contribution in [2.45, 2.75) is 52.3 Å². The van der Waals surface area contributed by atoms with Crippen LogP contribution in [0.25, 0.3) is 0 Å². The largest absolute Gasteiger partial charge is 0.381 e. The molecule has 0 bridgehead atoms. The van der Waals surface area contributed by atoms with E-state index in [-0.39, 0.29) is 29.9 Å². The first-order valence-electron chi connectivity index (χ1n) is 11.8. The molecule has 2 heterocycles. The van der Waals surface area contributed by atoms with Crippen LogP contribution in [0.2, 0.25) is 0 Å². The number of halogens is 1. The van der Waals surface area contributed by atoms with Crippen molar-refractivity contribution in [3.05, 3.63) is 58.7 Å². The third-order valence-corrected chi connectivity index (χ3v) is 7.07. The van der Waals surface area contributed by atoms with Crippen LogP contribution in [0.5, 0.6) is 0 Å². The number of piperazine rings is 1. The Morgan fingerprint density at radius 2 is 1.97 bits per heavy atom. The number of aryl methyl sites for hydroxylation is 1. The van der Waals surface area contributed by atoms with Gasteiger partial charge >= 0.3 is 0 Å². The average Bonchev–Trinajstić information content (AvgIpc) is 2.76. The number of benzene rings is 1. The predicted molar refractivity (Wildman–Crippen MR) is 128 cm³/mol. The van der Waals surface area contributed by atoms with Crippen LogP contribution in [0.4, 0.5) is 10.1 Å². The Bertz CT molecular complexity index is 1050. The summed E-state index contributed by atoms with van der Waals surface area (Å²) >= 11 is 0. The molecule has 1 aromatic carbocycles. The summed E-state index contributed by atoms with van der Waals surface area (Å²) in [5.74, 6) is -0.422. The van der Waals surface area contributed by atoms with Crippen molar-refractivity contribution in [2.75, 3.05) is 32.1 Å². The topological polar surface area (TPSA) is 74.8 Å². The summed E-state index contributed by atoms with van der Waals surface area (Å²) in [6.45, 7) is 8.47. The van der Waals surface area contributed by atoms with E-state index in [2.05, 4.69) is 22.1 Å². The zero-order valence-electron chi connectivity index (χ0n) is 20.3. The highest BCUT2D eigenvalue weighted by Crippen LogP contribution is 2.32. The number of hydrogen-bond donors (Lipinski definition) is 1. The molecule has 7 nitrogen and oxygen atoms in total. The van der Waals surface area contributed by atoms with Gasteiger partial charge in [-0.2, -0.15) is 0 Å². The molecule has 1 unspecified atom stereocenters. The number of nitrogens with one attached hydrogen (secondary N) is 1. The third kappa shape index (κ3) is 5.28. The van der Waals surface area contributed by atoms with Gasteiger partial charge in [-0.25, -0.2) is 4.39 Å². The van der Waals surface area contributed by atoms with Crippen LogP contribution in [-0.4, -0.2) is 65.5 Å². The molecule has 1 aromatic heterocycles. The van der Waals surface area contributed by atoms with E-state index in [1.165, 1.54) is 18.3 Å². The Balaban J connectivity index is 1.39. The fourth-order valence-electron chi connectivity index (χ4n) is 4.77. The zero-order chi connectivity index (χ0) is 24.4. The number of rotatable bonds is 6. The quantitative estimate of drug-likeness (QED) is 0.702. The molecule has 2 fully saturated rings. The SMILES string of the molecule is COC1CC(C(=O)N2CCN(Cc3cc(F)cc(NC(=O)c4ccc(C)nc4)c3C)CC2C)C1. The minimum atomic E-state index is -0.391. The molecular weight excluding hydrogens is 435 g/mol. The molecule has 182 valence electrons. The molecular formula is C26H33FN4O3. The van der Waals surface area contributed by atoms with Crippen molar-refractivity contribution in [2.24, 2.45) is 5.92 Å². The molecule has 2 amide bonds. The molecule has 1 aliphatic carbocycles. The van der Waals surface area contributed by atoms with Crippen molar-refractivity contribution in [1.29, 1.82) is 0 Å². The van der Waals surface area contributed by atoms with E-state index in [0.29, 0.717) is 24.3 Å². The van der Waals surface area contributed by atoms with Crippen LogP contribution in [0.1, 0.15) is 46.9 Å². The summed E-state index contributed by atoms with van der Waals surface area (Å²) in [7, 11) is 1.69. The maximum Gasteiger partial charge on any atom is 0.257 e. The lowest BCUT2D eigenvalue weighted by Crippen LogP contribution is -2.56. The van der Waals surface area contributed by atoms with Gasteiger partial charge in [0, 0.05) is 62.8 Å². The van der Waals surface area contributed by atoms with Crippen LogP contribution in [0.3, 0.4) is 0 Å². The number of nitrogens with zero attached hydrogens (tertiary/aromatic N) is 3. The van der Waals surface area contributed by atoms with E-state index in [0.717, 1.165) is 42.8 Å². The minimum Gasteiger partial charge on any atom is -0.381 e. The predicted octanol–water partition coefficient (Wildman–Crippen LogP) is 3.55. The standard InChI is InChI=1S/C26H33FN4O3/c1-16-5-6-19(13-28-16)25(32)29-24-12-22(27)9-21(18(24)3)15-30-7-8-31(17(2)14-30)26(33)20-10-23(11-20)34-4/h5-6,9,12-13,17,20,23H,7-8,10-11,14-15H2,1-4H3,(H,29,32). The molecule has 1 aliphatic heterocycles. The van der Waals surface area contributed by atoms with Gasteiger partial charge in [-0.1, -0.05) is 0 Å². The van der Waals surface area contributed by atoms with Gasteiger partial charge in [0.15, 0.2) is 0 Å². The fraction of sp³-hybridized carbons (Fsp3) is 0.500. The monoisotopic (exact) mass is 468 g/mol. The van der Waals surface area contributed by atoms with Crippen molar-refractivity contribution < 1.29 is 18.7 Å². The Kier molecular flexibility index (Phi) is 7.28. The van der Waals surface area contributed by atoms with E-state index in [4.69, 9.17) is 4.74 Å². The highest BCUT2D eigenvalue weighted by molar-refractivity contribution is 6.04. The summed E-state index contributed by atoms with van der Waals surface area (Å²) in [5.41, 5.74) is 3.37. The Labute approximate surface area is 200 Å². The molecule has 0 radical (unpaired) electrons. The van der Waals surface area contributed by atoms with Crippen LogP contribution in [0.15, 0.2) is 30.5 Å². The number of amides is 2. The Morgan fingerprint density at radius 1 is 1.21 bits per heavy atom. The van der Waals surface area contributed by atoms with Gasteiger partial charge in [0.1, 0.15) is 5.82 Å². The summed E-state index contributed by atoms with van der Waals surface area (Å²) in [6, 6.07) is 6.44. The first-order valence-corrected chi connectivity index (χ1v) is 11.8. The molecule has 2 aromatic rings. The number of carbonyl (C=O) groups excluding carboxylic acids is 2. The number of pyridine rings is 1. The van der Waals surface area contributed by atoms with E-state index >= 15 is 0 Å². The summed E-state index contributed by atoms with van der Waals surface area (Å²) in [6.07, 6.45) is 3.33. The molecule has 8 heteroatoms. The number of carbonyl (C=O) groups is 2. The number of hydrogen-bond acceptors (Lipinski definition) is 5. The number of aromatic nitrogens is 1. The van der Waals surface area contributed by atoms with Gasteiger partial charge in [-0.05, 0) is 69.0 Å². The molecule has 1 N–H and O–H groups in total. The third-order valence-electron chi connectivity index (χ3n) is 7.07. The van der Waals surface area contributed by atoms with Crippen LogP contribution < -0.4 is 5.32 Å². The maximum absolute atomic E-state index is 14.5. The molecule has 2 aliphatic rings. The first-order chi connectivity index (χ1) is 16.2. The normalized spacial score (nSPS) is 22.9. The fourth-order valence-corrected chi connectivity index (χ4v) is 4.77. The van der Waals surface area contributed by atoms with Crippen molar-refractivity contribution in [3.63, 3.8) is 0 Å². The first kappa shape index (κ1) is 24.3. The van der Waals surface area contributed by atoms with Crippen molar-refractivity contribution >= 4 is 17.5 Å². The smallest absolute Gasteiger partial charge is 0.257 e. The summed E-state index contributed by atoms with van der Waals surface area (Å²) < 4.78 is 19.8. The average molecular weight is 469 g/mol. The molecule has 1 saturated carbocycles. The second-order valence-corrected chi connectivity index (χ2v) is 9.52. The lowest BCUT2D eigenvalue weighted by molar-refractivity contribution is -0.148. The highest BCUT2D eigenvalue weighted by Gasteiger charge is 2.39. The summed E-state index contributed by atoms with van der Waals surface area (Å²) in [4.78, 5) is 33.9. The van der Waals surface area contributed by atoms with Gasteiger partial charge < -0.3 is 15.0 Å². The van der Waals surface area contributed by atoms with Gasteiger partial charge in [-0.15, -0.1) is 0 Å². The van der Waals surface area contributed by atoms with E-state index in [1.54, 1.807) is 19.2 Å². The number of anilines is 1. The van der Waals surface area contributed by atoms with Crippen LogP contribution >= 0.6 is 0 Å². The van der Waals surface area contributed by atoms with Crippen molar-refractivity contribution in [1.82, 2.24) is 14.8 Å². The maximum atomic E-state index is 14.5. The molecule has 0 spiro atoms. The molecule has 1 saturated heterocycles. The van der Waals surface area contributed by atoms with Gasteiger partial charge in [-0.3, -0.25) is 19.5 Å². The minimum absolute atomic E-state index is 0.0688. The summed E-state index contributed by atoms with van der Waals surface area (Å²) in [5, 5.41) is 2.83. The lowest BCUT2D eigenvalue weighted by Gasteiger charge is -2.44. The molecule has 1 atom stereocenters. The van der Waals surface area contributed by atoms with Crippen LogP contribution in [-0.2, 0) is 16.1 Å². The number of ether oxygens (including phenoxy) is 1. The molecule has 34 heavy (non-hydrogen) atoms. The van der Waals surface area contributed by atoms with Gasteiger partial charge in [0.2, 0.25) is 5.91 Å². The van der Waals surface area contributed by atoms with E-state index < -0.39 is 5.82 Å². The Morgan fingerprint density at radius 3 is 2.62 bits per heavy atom. The zero-order valence-corrected chi connectivity index (χ0v) is 20.3. The Hall–Kier alpha value is -2.84. The lowest BCUT2D eigenvalue weighted by atomic mass is 9.81. The number of methoxy groups -OCH3 is 1. The molecule has 4 rings (SSSR count). The second-order valence-electron chi connectivity index (χ2n) is 9.52. The highest BCUT2D eigenvalue weighted by atomic mass is 19.1.